The molecule has 0 fully saturated rings. The molecule has 206 valence electrons. The normalized spacial score (nSPS) is 11.3. The first-order valence-electron chi connectivity index (χ1n) is 11.3. The van der Waals surface area contributed by atoms with E-state index in [0.717, 1.165) is 9.99 Å². The minimum Gasteiger partial charge on any atom is -0.432 e. The lowest BCUT2D eigenvalue weighted by atomic mass is 10.1. The van der Waals surface area contributed by atoms with E-state index in [-0.39, 0.29) is 37.2 Å². The number of nitrogens with zero attached hydrogens (tertiary/aromatic N) is 4. The number of carbonyl (C=O) groups is 1. The van der Waals surface area contributed by atoms with E-state index >= 15 is 0 Å². The summed E-state index contributed by atoms with van der Waals surface area (Å²) in [5, 5.41) is 14.2. The number of rotatable bonds is 13. The highest BCUT2D eigenvalue weighted by molar-refractivity contribution is 7.93. The molecule has 3 rings (SSSR count). The lowest BCUT2D eigenvalue weighted by Crippen LogP contribution is -2.35. The van der Waals surface area contributed by atoms with Crippen molar-refractivity contribution in [1.29, 1.82) is 0 Å². The minimum atomic E-state index is -4.32. The summed E-state index contributed by atoms with van der Waals surface area (Å²) in [6.07, 6.45) is -1.16. The average Bonchev–Trinajstić information content (AvgIpc) is 3.20. The Labute approximate surface area is 218 Å². The van der Waals surface area contributed by atoms with Crippen LogP contribution in [0.3, 0.4) is 0 Å². The van der Waals surface area contributed by atoms with E-state index < -0.39 is 28.0 Å². The van der Waals surface area contributed by atoms with Gasteiger partial charge in [-0.25, -0.2) is 13.2 Å². The highest BCUT2D eigenvalue weighted by Crippen LogP contribution is 2.34. The fourth-order valence-electron chi connectivity index (χ4n) is 3.48. The molecule has 0 saturated carbocycles. The second-order valence-electron chi connectivity index (χ2n) is 8.12. The Kier molecular flexibility index (Phi) is 9.30. The standard InChI is InChI=1S/C23H28N4O10S/c1-16-17(2)24-37-22(16)26(15-35-23(28)34-13-11-33-12-14-36-27(29)30)38(31,32)21-10-6-7-18-19(21)8-5-9-20(18)25(3)4/h5-10H,11-15H2,1-4H3. The van der Waals surface area contributed by atoms with E-state index in [4.69, 9.17) is 18.7 Å². The fraction of sp³-hybridized carbons (Fsp3) is 0.391. The third kappa shape index (κ3) is 6.60. The summed E-state index contributed by atoms with van der Waals surface area (Å²) < 4.78 is 49.0. The number of hydrogen-bond donors (Lipinski definition) is 0. The van der Waals surface area contributed by atoms with Gasteiger partial charge in [0.25, 0.3) is 15.1 Å². The highest BCUT2D eigenvalue weighted by Gasteiger charge is 2.33. The minimum absolute atomic E-state index is 0.0190. The Bertz CT molecular complexity index is 1390. The Balaban J connectivity index is 1.80. The predicted molar refractivity (Wildman–Crippen MR) is 135 cm³/mol. The SMILES string of the molecule is Cc1noc(N(COC(=O)OCCOCCO[N+](=O)[O-])S(=O)(=O)c2cccc3c(N(C)C)cccc23)c1C. The number of sulfonamides is 1. The van der Waals surface area contributed by atoms with Crippen LogP contribution in [0.4, 0.5) is 16.4 Å². The average molecular weight is 553 g/mol. The third-order valence-corrected chi connectivity index (χ3v) is 7.20. The number of anilines is 2. The van der Waals surface area contributed by atoms with Crippen LogP contribution in [-0.4, -0.2) is 72.1 Å². The zero-order valence-corrected chi connectivity index (χ0v) is 22.1. The smallest absolute Gasteiger partial charge is 0.432 e. The number of ether oxygens (including phenoxy) is 3. The first-order valence-corrected chi connectivity index (χ1v) is 12.8. The fourth-order valence-corrected chi connectivity index (χ4v) is 5.00. The first-order chi connectivity index (χ1) is 18.0. The van der Waals surface area contributed by atoms with Crippen LogP contribution in [0.1, 0.15) is 11.3 Å². The quantitative estimate of drug-likeness (QED) is 0.100. The summed E-state index contributed by atoms with van der Waals surface area (Å²) in [7, 11) is -0.606. The Morgan fingerprint density at radius 3 is 2.37 bits per heavy atom. The van der Waals surface area contributed by atoms with E-state index in [1.165, 1.54) is 6.07 Å². The maximum atomic E-state index is 13.9. The van der Waals surface area contributed by atoms with Crippen LogP contribution < -0.4 is 9.21 Å². The molecule has 0 saturated heterocycles. The topological polar surface area (TPSA) is 164 Å². The van der Waals surface area contributed by atoms with Crippen LogP contribution in [0.25, 0.3) is 10.8 Å². The van der Waals surface area contributed by atoms with Gasteiger partial charge in [0.2, 0.25) is 5.88 Å². The molecule has 0 aliphatic heterocycles. The molecule has 0 N–H and O–H groups in total. The van der Waals surface area contributed by atoms with Gasteiger partial charge in [0.05, 0.1) is 23.8 Å². The van der Waals surface area contributed by atoms with Gasteiger partial charge in [0.1, 0.15) is 13.2 Å². The van der Waals surface area contributed by atoms with Crippen molar-refractivity contribution in [3.8, 4) is 0 Å². The van der Waals surface area contributed by atoms with E-state index in [1.54, 1.807) is 32.0 Å². The van der Waals surface area contributed by atoms with Crippen molar-refractivity contribution < 1.29 is 41.9 Å². The molecule has 0 atom stereocenters. The Morgan fingerprint density at radius 2 is 1.71 bits per heavy atom. The summed E-state index contributed by atoms with van der Waals surface area (Å²) in [5.41, 5.74) is 1.74. The summed E-state index contributed by atoms with van der Waals surface area (Å²) in [5.74, 6) is -0.106. The second kappa shape index (κ2) is 12.4. The van der Waals surface area contributed by atoms with Gasteiger partial charge >= 0.3 is 6.16 Å². The maximum absolute atomic E-state index is 13.9. The van der Waals surface area contributed by atoms with Crippen LogP contribution in [0.5, 0.6) is 0 Å². The van der Waals surface area contributed by atoms with Crippen LogP contribution in [0.15, 0.2) is 45.8 Å². The predicted octanol–water partition coefficient (Wildman–Crippen LogP) is 3.04. The summed E-state index contributed by atoms with van der Waals surface area (Å²) >= 11 is 0. The van der Waals surface area contributed by atoms with Gasteiger partial charge in [-0.3, -0.25) is 0 Å². The molecule has 0 spiro atoms. The zero-order valence-electron chi connectivity index (χ0n) is 21.3. The third-order valence-electron chi connectivity index (χ3n) is 5.44. The highest BCUT2D eigenvalue weighted by atomic mass is 32.2. The molecule has 0 radical (unpaired) electrons. The van der Waals surface area contributed by atoms with E-state index in [1.807, 2.05) is 31.1 Å². The van der Waals surface area contributed by atoms with Gasteiger partial charge in [-0.15, -0.1) is 10.1 Å². The largest absolute Gasteiger partial charge is 0.510 e. The Hall–Kier alpha value is -4.11. The second-order valence-corrected chi connectivity index (χ2v) is 9.95. The van der Waals surface area contributed by atoms with Crippen LogP contribution >= 0.6 is 0 Å². The van der Waals surface area contributed by atoms with Crippen LogP contribution in [-0.2, 0) is 29.1 Å². The van der Waals surface area contributed by atoms with Gasteiger partial charge in [0.15, 0.2) is 6.73 Å². The van der Waals surface area contributed by atoms with Crippen molar-refractivity contribution >= 4 is 38.5 Å². The molecule has 0 aliphatic carbocycles. The van der Waals surface area contributed by atoms with Gasteiger partial charge in [-0.1, -0.05) is 29.4 Å². The molecule has 0 aliphatic rings. The molecular weight excluding hydrogens is 524 g/mol. The molecule has 1 aromatic heterocycles. The number of carbonyl (C=O) groups excluding carboxylic acids is 1. The first kappa shape index (κ1) is 28.5. The van der Waals surface area contributed by atoms with E-state index in [2.05, 4.69) is 9.99 Å². The number of aryl methyl sites for hydroxylation is 1. The van der Waals surface area contributed by atoms with Crippen molar-refractivity contribution in [2.45, 2.75) is 18.7 Å². The molecule has 0 unspecified atom stereocenters. The van der Waals surface area contributed by atoms with Gasteiger partial charge in [-0.2, -0.15) is 4.31 Å². The molecule has 3 aromatic rings. The molecule has 1 heterocycles. The molecular formula is C23H28N4O10S. The zero-order chi connectivity index (χ0) is 27.9. The summed E-state index contributed by atoms with van der Waals surface area (Å²) in [6.45, 7) is 1.86. The lowest BCUT2D eigenvalue weighted by Gasteiger charge is -2.23. The van der Waals surface area contributed by atoms with Crippen molar-refractivity contribution in [2.75, 3.05) is 56.5 Å². The molecule has 0 amide bonds. The number of fused-ring (bicyclic) bond motifs is 1. The number of benzene rings is 2. The molecule has 2 aromatic carbocycles. The molecule has 15 heteroatoms. The summed E-state index contributed by atoms with van der Waals surface area (Å²) in [4.78, 5) is 28.2. The van der Waals surface area contributed by atoms with Crippen molar-refractivity contribution in [1.82, 2.24) is 5.16 Å². The number of hydrogen-bond acceptors (Lipinski definition) is 12. The van der Waals surface area contributed by atoms with Crippen molar-refractivity contribution in [2.24, 2.45) is 0 Å². The maximum Gasteiger partial charge on any atom is 0.510 e. The van der Waals surface area contributed by atoms with Crippen molar-refractivity contribution in [3.63, 3.8) is 0 Å². The monoisotopic (exact) mass is 552 g/mol. The lowest BCUT2D eigenvalue weighted by molar-refractivity contribution is -0.758. The Morgan fingerprint density at radius 1 is 1.03 bits per heavy atom. The van der Waals surface area contributed by atoms with Crippen LogP contribution in [0.2, 0.25) is 0 Å². The molecule has 14 nitrogen and oxygen atoms in total. The van der Waals surface area contributed by atoms with Gasteiger partial charge in [-0.05, 0) is 26.0 Å². The number of aromatic nitrogens is 1. The molecule has 0 bridgehead atoms. The molecule has 38 heavy (non-hydrogen) atoms. The summed E-state index contributed by atoms with van der Waals surface area (Å²) in [6, 6.07) is 10.2. The van der Waals surface area contributed by atoms with E-state index in [9.17, 15) is 23.3 Å². The van der Waals surface area contributed by atoms with E-state index in [0.29, 0.717) is 22.0 Å². The van der Waals surface area contributed by atoms with Crippen LogP contribution in [0, 0.1) is 24.0 Å². The van der Waals surface area contributed by atoms with Gasteiger partial charge < -0.3 is 28.5 Å². The van der Waals surface area contributed by atoms with Gasteiger partial charge in [0, 0.05) is 36.1 Å². The van der Waals surface area contributed by atoms with Crippen molar-refractivity contribution in [3.05, 3.63) is 57.8 Å².